The van der Waals surface area contributed by atoms with E-state index in [-0.39, 0.29) is 17.9 Å². The van der Waals surface area contributed by atoms with Crippen LogP contribution >= 0.6 is 0 Å². The van der Waals surface area contributed by atoms with Gasteiger partial charge in [0.1, 0.15) is 6.33 Å². The van der Waals surface area contributed by atoms with Gasteiger partial charge in [-0.05, 0) is 31.9 Å². The van der Waals surface area contributed by atoms with Crippen LogP contribution in [0.5, 0.6) is 0 Å². The lowest BCUT2D eigenvalue weighted by Crippen LogP contribution is -2.19. The van der Waals surface area contributed by atoms with Crippen molar-refractivity contribution in [2.24, 2.45) is 0 Å². The molecule has 2 N–H and O–H groups in total. The number of anilines is 2. The monoisotopic (exact) mass is 286 g/mol. The van der Waals surface area contributed by atoms with E-state index in [0.717, 1.165) is 18.5 Å². The van der Waals surface area contributed by atoms with Crippen molar-refractivity contribution >= 4 is 17.8 Å². The van der Waals surface area contributed by atoms with Crippen molar-refractivity contribution in [1.82, 2.24) is 19.9 Å². The molecule has 0 aliphatic carbocycles. The van der Waals surface area contributed by atoms with Gasteiger partial charge < -0.3 is 5.32 Å². The van der Waals surface area contributed by atoms with E-state index in [1.54, 1.807) is 6.20 Å². The first kappa shape index (κ1) is 14.8. The highest BCUT2D eigenvalue weighted by molar-refractivity contribution is 5.86. The van der Waals surface area contributed by atoms with Crippen molar-refractivity contribution in [1.29, 1.82) is 0 Å². The van der Waals surface area contributed by atoms with Gasteiger partial charge >= 0.3 is 0 Å². The number of carbonyl (C=O) groups excluding carboxylic acids is 1. The van der Waals surface area contributed by atoms with Crippen molar-refractivity contribution in [2.75, 3.05) is 10.6 Å². The predicted octanol–water partition coefficient (Wildman–Crippen LogP) is 1.66. The van der Waals surface area contributed by atoms with Gasteiger partial charge in [-0.1, -0.05) is 6.07 Å². The first-order chi connectivity index (χ1) is 10.1. The van der Waals surface area contributed by atoms with Crippen molar-refractivity contribution in [2.45, 2.75) is 32.7 Å². The number of aromatic nitrogens is 4. The smallest absolute Gasteiger partial charge is 0.234 e. The van der Waals surface area contributed by atoms with Crippen LogP contribution in [0.25, 0.3) is 0 Å². The second-order valence-corrected chi connectivity index (χ2v) is 4.72. The number of pyridine rings is 1. The number of hydrogen-bond acceptors (Lipinski definition) is 6. The Morgan fingerprint density at radius 1 is 1.24 bits per heavy atom. The third-order valence-corrected chi connectivity index (χ3v) is 2.79. The van der Waals surface area contributed by atoms with Crippen LogP contribution in [0, 0.1) is 0 Å². The number of aryl methyl sites for hydroxylation is 1. The molecule has 2 heterocycles. The highest BCUT2D eigenvalue weighted by Crippen LogP contribution is 2.08. The highest BCUT2D eigenvalue weighted by Gasteiger charge is 2.07. The molecule has 0 saturated heterocycles. The molecule has 110 valence electrons. The van der Waals surface area contributed by atoms with Crippen molar-refractivity contribution in [3.63, 3.8) is 0 Å². The molecule has 2 aromatic heterocycles. The fourth-order valence-corrected chi connectivity index (χ4v) is 1.79. The second-order valence-electron chi connectivity index (χ2n) is 4.72. The van der Waals surface area contributed by atoms with E-state index in [2.05, 4.69) is 30.6 Å². The molecule has 0 radical (unpaired) electrons. The number of hydrogen-bond donors (Lipinski definition) is 2. The lowest BCUT2D eigenvalue weighted by atomic mass is 10.1. The minimum atomic E-state index is -0.213. The Morgan fingerprint density at radius 2 is 2.05 bits per heavy atom. The van der Waals surface area contributed by atoms with Crippen LogP contribution in [0.2, 0.25) is 0 Å². The lowest BCUT2D eigenvalue weighted by Gasteiger charge is -2.13. The Morgan fingerprint density at radius 3 is 2.76 bits per heavy atom. The highest BCUT2D eigenvalue weighted by atomic mass is 16.1. The maximum atomic E-state index is 11.0. The minimum absolute atomic E-state index is 0.180. The minimum Gasteiger partial charge on any atom is -0.352 e. The quantitative estimate of drug-likeness (QED) is 0.839. The summed E-state index contributed by atoms with van der Waals surface area (Å²) in [6.07, 6.45) is 4.93. The van der Waals surface area contributed by atoms with Crippen molar-refractivity contribution in [3.8, 4) is 0 Å². The number of nitrogens with zero attached hydrogens (tertiary/aromatic N) is 4. The first-order valence-electron chi connectivity index (χ1n) is 6.76. The van der Waals surface area contributed by atoms with Crippen LogP contribution in [0.1, 0.15) is 26.0 Å². The molecule has 0 bridgehead atoms. The average molecular weight is 286 g/mol. The van der Waals surface area contributed by atoms with E-state index in [1.165, 1.54) is 13.3 Å². The molecule has 2 rings (SSSR count). The van der Waals surface area contributed by atoms with E-state index in [1.807, 2.05) is 25.1 Å². The zero-order chi connectivity index (χ0) is 15.1. The van der Waals surface area contributed by atoms with Gasteiger partial charge in [0.2, 0.25) is 17.8 Å². The van der Waals surface area contributed by atoms with Crippen LogP contribution in [0.15, 0.2) is 30.7 Å². The van der Waals surface area contributed by atoms with Gasteiger partial charge in [-0.15, -0.1) is 0 Å². The number of rotatable bonds is 6. The maximum absolute atomic E-state index is 11.0. The summed E-state index contributed by atoms with van der Waals surface area (Å²) < 4.78 is 0. The third-order valence-electron chi connectivity index (χ3n) is 2.79. The van der Waals surface area contributed by atoms with E-state index >= 15 is 0 Å². The lowest BCUT2D eigenvalue weighted by molar-refractivity contribution is -0.114. The van der Waals surface area contributed by atoms with Gasteiger partial charge in [0, 0.05) is 24.9 Å². The van der Waals surface area contributed by atoms with Gasteiger partial charge in [0.15, 0.2) is 0 Å². The molecule has 0 aliphatic heterocycles. The summed E-state index contributed by atoms with van der Waals surface area (Å²) in [6.45, 7) is 3.46. The predicted molar refractivity (Wildman–Crippen MR) is 79.8 cm³/mol. The average Bonchev–Trinajstić information content (AvgIpc) is 2.46. The van der Waals surface area contributed by atoms with E-state index < -0.39 is 0 Å². The molecule has 0 aromatic carbocycles. The van der Waals surface area contributed by atoms with E-state index in [4.69, 9.17) is 0 Å². The zero-order valence-electron chi connectivity index (χ0n) is 12.1. The summed E-state index contributed by atoms with van der Waals surface area (Å²) in [7, 11) is 0. The Kier molecular flexibility index (Phi) is 5.14. The summed E-state index contributed by atoms with van der Waals surface area (Å²) >= 11 is 0. The summed E-state index contributed by atoms with van der Waals surface area (Å²) in [4.78, 5) is 27.3. The molecule has 0 saturated carbocycles. The number of carbonyl (C=O) groups is 1. The second kappa shape index (κ2) is 7.28. The molecule has 21 heavy (non-hydrogen) atoms. The van der Waals surface area contributed by atoms with Gasteiger partial charge in [-0.2, -0.15) is 4.98 Å². The fraction of sp³-hybridized carbons (Fsp3) is 0.357. The maximum Gasteiger partial charge on any atom is 0.234 e. The van der Waals surface area contributed by atoms with Crippen LogP contribution < -0.4 is 10.6 Å². The Labute approximate surface area is 123 Å². The molecular weight excluding hydrogens is 268 g/mol. The van der Waals surface area contributed by atoms with Crippen molar-refractivity contribution < 1.29 is 4.79 Å². The molecule has 1 unspecified atom stereocenters. The third kappa shape index (κ3) is 5.13. The molecular formula is C14H18N6O. The zero-order valence-corrected chi connectivity index (χ0v) is 12.1. The van der Waals surface area contributed by atoms with Crippen LogP contribution in [0.3, 0.4) is 0 Å². The van der Waals surface area contributed by atoms with Crippen LogP contribution in [-0.2, 0) is 11.2 Å². The first-order valence-corrected chi connectivity index (χ1v) is 6.76. The van der Waals surface area contributed by atoms with Crippen LogP contribution in [-0.4, -0.2) is 31.9 Å². The van der Waals surface area contributed by atoms with Gasteiger partial charge in [0.05, 0.1) is 0 Å². The Balaban J connectivity index is 1.87. The molecule has 0 spiro atoms. The SMILES string of the molecule is CC(=O)Nc1ncnc(NC(C)CCc2ccccn2)n1. The molecule has 7 heteroatoms. The van der Waals surface area contributed by atoms with Gasteiger partial charge in [0.25, 0.3) is 0 Å². The number of nitrogens with one attached hydrogen (secondary N) is 2. The Bertz CT molecular complexity index is 589. The normalized spacial score (nSPS) is 11.7. The molecule has 0 aliphatic rings. The summed E-state index contributed by atoms with van der Waals surface area (Å²) in [5, 5.41) is 5.71. The molecule has 7 nitrogen and oxygen atoms in total. The topological polar surface area (TPSA) is 92.7 Å². The Hall–Kier alpha value is -2.57. The van der Waals surface area contributed by atoms with E-state index in [9.17, 15) is 4.79 Å². The summed E-state index contributed by atoms with van der Waals surface area (Å²) in [6, 6.07) is 6.07. The summed E-state index contributed by atoms with van der Waals surface area (Å²) in [5.74, 6) is 0.481. The standard InChI is InChI=1S/C14H18N6O/c1-10(6-7-12-5-3-4-8-15-12)18-13-16-9-17-14(20-13)19-11(2)21/h3-5,8-10H,6-7H2,1-2H3,(H2,16,17,18,19,20,21). The van der Waals surface area contributed by atoms with Crippen molar-refractivity contribution in [3.05, 3.63) is 36.4 Å². The van der Waals surface area contributed by atoms with Gasteiger partial charge in [-0.25, -0.2) is 9.97 Å². The largest absolute Gasteiger partial charge is 0.352 e. The van der Waals surface area contributed by atoms with Gasteiger partial charge in [-0.3, -0.25) is 15.1 Å². The molecule has 2 aromatic rings. The molecule has 1 amide bonds. The fourth-order valence-electron chi connectivity index (χ4n) is 1.79. The number of amides is 1. The van der Waals surface area contributed by atoms with E-state index in [0.29, 0.717) is 5.95 Å². The van der Waals surface area contributed by atoms with Crippen LogP contribution in [0.4, 0.5) is 11.9 Å². The summed E-state index contributed by atoms with van der Waals surface area (Å²) in [5.41, 5.74) is 1.06. The molecule has 0 fully saturated rings. The molecule has 1 atom stereocenters.